The van der Waals surface area contributed by atoms with E-state index in [-0.39, 0.29) is 5.97 Å². The Balaban J connectivity index is 3.69. The molecule has 0 saturated carbocycles. The molecule has 0 amide bonds. The smallest absolute Gasteiger partial charge is 0.331 e. The van der Waals surface area contributed by atoms with Crippen LogP contribution in [-0.4, -0.2) is 30.7 Å². The fraction of sp³-hybridized carbons (Fsp3) is 0.700. The fourth-order valence-electron chi connectivity index (χ4n) is 0.789. The summed E-state index contributed by atoms with van der Waals surface area (Å²) < 4.78 is 4.97. The van der Waals surface area contributed by atoms with E-state index in [2.05, 4.69) is 13.8 Å². The molecule has 0 radical (unpaired) electrons. The second-order valence-corrected chi connectivity index (χ2v) is 3.11. The molecule has 0 rings (SSSR count). The van der Waals surface area contributed by atoms with Crippen LogP contribution in [0.1, 0.15) is 27.2 Å². The zero-order valence-corrected chi connectivity index (χ0v) is 8.91. The van der Waals surface area contributed by atoms with Gasteiger partial charge in [-0.2, -0.15) is 0 Å². The van der Waals surface area contributed by atoms with Crippen LogP contribution in [0.25, 0.3) is 0 Å². The van der Waals surface area contributed by atoms with Crippen molar-refractivity contribution in [2.75, 3.05) is 13.8 Å². The topological polar surface area (TPSA) is 29.5 Å². The van der Waals surface area contributed by atoms with Crippen LogP contribution in [0.15, 0.2) is 12.2 Å². The molecule has 0 bridgehead atoms. The van der Waals surface area contributed by atoms with Crippen molar-refractivity contribution in [2.45, 2.75) is 33.2 Å². The number of hydrogen-bond donors (Lipinski definition) is 0. The number of hydrogen-bond acceptors (Lipinski definition) is 3. The van der Waals surface area contributed by atoms with Gasteiger partial charge in [0, 0.05) is 12.1 Å². The Morgan fingerprint density at radius 3 is 2.69 bits per heavy atom. The highest BCUT2D eigenvalue weighted by Gasteiger charge is 2.07. The largest absolute Gasteiger partial charge is 0.446 e. The van der Waals surface area contributed by atoms with Crippen LogP contribution in [0.3, 0.4) is 0 Å². The molecule has 0 aromatic rings. The first-order valence-corrected chi connectivity index (χ1v) is 4.61. The van der Waals surface area contributed by atoms with Gasteiger partial charge in [0.1, 0.15) is 6.73 Å². The molecular weight excluding hydrogens is 166 g/mol. The Labute approximate surface area is 80.4 Å². The lowest BCUT2D eigenvalue weighted by Crippen LogP contribution is -2.31. The number of ether oxygens (including phenoxy) is 1. The van der Waals surface area contributed by atoms with Gasteiger partial charge in [-0.3, -0.25) is 4.90 Å². The number of carbonyl (C=O) groups excluding carboxylic acids is 1. The van der Waals surface area contributed by atoms with Crippen molar-refractivity contribution < 1.29 is 9.53 Å². The number of esters is 1. The van der Waals surface area contributed by atoms with E-state index in [0.29, 0.717) is 12.8 Å². The molecule has 0 aromatic carbocycles. The Morgan fingerprint density at radius 2 is 2.23 bits per heavy atom. The van der Waals surface area contributed by atoms with Crippen molar-refractivity contribution in [3.8, 4) is 0 Å². The van der Waals surface area contributed by atoms with E-state index in [4.69, 9.17) is 4.74 Å². The minimum Gasteiger partial charge on any atom is -0.446 e. The number of nitrogens with zero attached hydrogens (tertiary/aromatic N) is 1. The van der Waals surface area contributed by atoms with E-state index in [9.17, 15) is 4.79 Å². The van der Waals surface area contributed by atoms with E-state index in [1.807, 2.05) is 11.9 Å². The second-order valence-electron chi connectivity index (χ2n) is 3.11. The predicted octanol–water partition coefficient (Wildman–Crippen LogP) is 1.79. The van der Waals surface area contributed by atoms with Crippen molar-refractivity contribution in [2.24, 2.45) is 0 Å². The summed E-state index contributed by atoms with van der Waals surface area (Å²) >= 11 is 0. The van der Waals surface area contributed by atoms with E-state index < -0.39 is 0 Å². The molecule has 0 N–H and O–H groups in total. The highest BCUT2D eigenvalue weighted by Crippen LogP contribution is 1.99. The number of carbonyl (C=O) groups is 1. The van der Waals surface area contributed by atoms with Crippen molar-refractivity contribution in [1.29, 1.82) is 0 Å². The lowest BCUT2D eigenvalue weighted by Gasteiger charge is -2.22. The molecule has 0 aliphatic carbocycles. The summed E-state index contributed by atoms with van der Waals surface area (Å²) in [4.78, 5) is 12.9. The molecule has 0 aliphatic heterocycles. The van der Waals surface area contributed by atoms with Crippen molar-refractivity contribution >= 4 is 5.97 Å². The van der Waals surface area contributed by atoms with Crippen LogP contribution in [-0.2, 0) is 9.53 Å². The van der Waals surface area contributed by atoms with Gasteiger partial charge in [0.05, 0.1) is 0 Å². The van der Waals surface area contributed by atoms with Crippen molar-refractivity contribution in [3.05, 3.63) is 12.2 Å². The molecule has 0 saturated heterocycles. The summed E-state index contributed by atoms with van der Waals surface area (Å²) in [5.74, 6) is -0.280. The van der Waals surface area contributed by atoms with Crippen molar-refractivity contribution in [3.63, 3.8) is 0 Å². The SMILES string of the molecule is C/C=C\C(=O)OCN(C)C(C)CC. The molecule has 0 aliphatic rings. The van der Waals surface area contributed by atoms with E-state index in [1.165, 1.54) is 6.08 Å². The first kappa shape index (κ1) is 12.2. The summed E-state index contributed by atoms with van der Waals surface area (Å²) in [6.07, 6.45) is 4.15. The molecule has 13 heavy (non-hydrogen) atoms. The molecule has 3 nitrogen and oxygen atoms in total. The maximum absolute atomic E-state index is 10.9. The van der Waals surface area contributed by atoms with Gasteiger partial charge in [-0.15, -0.1) is 0 Å². The summed E-state index contributed by atoms with van der Waals surface area (Å²) in [7, 11) is 1.94. The standard InChI is InChI=1S/C10H19NO2/c1-5-7-10(12)13-8-11(4)9(3)6-2/h5,7,9H,6,8H2,1-4H3/b7-5-. The molecule has 3 heteroatoms. The van der Waals surface area contributed by atoms with Gasteiger partial charge in [0.2, 0.25) is 0 Å². The van der Waals surface area contributed by atoms with Crippen LogP contribution >= 0.6 is 0 Å². The maximum Gasteiger partial charge on any atom is 0.331 e. The first-order valence-electron chi connectivity index (χ1n) is 4.61. The zero-order chi connectivity index (χ0) is 10.3. The maximum atomic E-state index is 10.9. The van der Waals surface area contributed by atoms with Crippen LogP contribution < -0.4 is 0 Å². The minimum atomic E-state index is -0.280. The summed E-state index contributed by atoms with van der Waals surface area (Å²) in [5.41, 5.74) is 0. The average Bonchev–Trinajstić information content (AvgIpc) is 2.13. The van der Waals surface area contributed by atoms with Gasteiger partial charge in [-0.25, -0.2) is 4.79 Å². The Kier molecular flexibility index (Phi) is 6.24. The predicted molar refractivity (Wildman–Crippen MR) is 53.3 cm³/mol. The van der Waals surface area contributed by atoms with Gasteiger partial charge in [0.15, 0.2) is 0 Å². The van der Waals surface area contributed by atoms with Gasteiger partial charge in [-0.05, 0) is 27.3 Å². The van der Waals surface area contributed by atoms with Crippen LogP contribution in [0.2, 0.25) is 0 Å². The van der Waals surface area contributed by atoms with Gasteiger partial charge < -0.3 is 4.74 Å². The third kappa shape index (κ3) is 5.42. The van der Waals surface area contributed by atoms with Crippen LogP contribution in [0.4, 0.5) is 0 Å². The third-order valence-corrected chi connectivity index (χ3v) is 2.06. The normalized spacial score (nSPS) is 13.6. The minimum absolute atomic E-state index is 0.280. The Bertz CT molecular complexity index is 178. The van der Waals surface area contributed by atoms with Crippen LogP contribution in [0, 0.1) is 0 Å². The summed E-state index contributed by atoms with van der Waals surface area (Å²) in [6.45, 7) is 6.36. The second kappa shape index (κ2) is 6.66. The molecule has 76 valence electrons. The molecule has 0 aromatic heterocycles. The van der Waals surface area contributed by atoms with E-state index in [1.54, 1.807) is 13.0 Å². The lowest BCUT2D eigenvalue weighted by atomic mass is 10.2. The van der Waals surface area contributed by atoms with Gasteiger partial charge >= 0.3 is 5.97 Å². The highest BCUT2D eigenvalue weighted by molar-refractivity contribution is 5.81. The van der Waals surface area contributed by atoms with Crippen molar-refractivity contribution in [1.82, 2.24) is 4.90 Å². The van der Waals surface area contributed by atoms with Crippen LogP contribution in [0.5, 0.6) is 0 Å². The first-order chi connectivity index (χ1) is 6.11. The summed E-state index contributed by atoms with van der Waals surface area (Å²) in [5, 5.41) is 0. The fourth-order valence-corrected chi connectivity index (χ4v) is 0.789. The Morgan fingerprint density at radius 1 is 1.62 bits per heavy atom. The molecular formula is C10H19NO2. The highest BCUT2D eigenvalue weighted by atomic mass is 16.5. The molecule has 0 spiro atoms. The molecule has 0 fully saturated rings. The Hall–Kier alpha value is -0.830. The average molecular weight is 185 g/mol. The number of rotatable bonds is 5. The zero-order valence-electron chi connectivity index (χ0n) is 8.91. The third-order valence-electron chi connectivity index (χ3n) is 2.06. The van der Waals surface area contributed by atoms with E-state index >= 15 is 0 Å². The molecule has 0 heterocycles. The van der Waals surface area contributed by atoms with E-state index in [0.717, 1.165) is 6.42 Å². The number of allylic oxidation sites excluding steroid dienone is 1. The lowest BCUT2D eigenvalue weighted by molar-refractivity contribution is -0.142. The van der Waals surface area contributed by atoms with Gasteiger partial charge in [0.25, 0.3) is 0 Å². The monoisotopic (exact) mass is 185 g/mol. The summed E-state index contributed by atoms with van der Waals surface area (Å²) in [6, 6.07) is 0.443. The molecule has 1 unspecified atom stereocenters. The molecule has 1 atom stereocenters. The quantitative estimate of drug-likeness (QED) is 0.371. The van der Waals surface area contributed by atoms with Gasteiger partial charge in [-0.1, -0.05) is 13.0 Å².